The van der Waals surface area contributed by atoms with Gasteiger partial charge in [0.05, 0.1) is 46.4 Å². The Morgan fingerprint density at radius 1 is 0.327 bits per heavy atom. The van der Waals surface area contributed by atoms with Crippen molar-refractivity contribution in [2.45, 2.75) is 0 Å². The summed E-state index contributed by atoms with van der Waals surface area (Å²) in [6.45, 7) is 15.7. The Hall–Kier alpha value is -7.86. The molecule has 0 bridgehead atoms. The first-order valence-electron chi connectivity index (χ1n) is 18.3. The van der Waals surface area contributed by atoms with Crippen LogP contribution in [0.2, 0.25) is 0 Å². The van der Waals surface area contributed by atoms with Gasteiger partial charge in [0.15, 0.2) is 5.69 Å². The van der Waals surface area contributed by atoms with Crippen molar-refractivity contribution in [3.8, 4) is 28.2 Å². The average molecular weight is 700 g/mol. The Labute approximate surface area is 316 Å². The number of benzene rings is 8. The second-order valence-electron chi connectivity index (χ2n) is 14.0. The van der Waals surface area contributed by atoms with Crippen LogP contribution < -0.4 is 0 Å². The molecule has 0 spiro atoms. The zero-order valence-corrected chi connectivity index (χ0v) is 29.5. The van der Waals surface area contributed by atoms with E-state index < -0.39 is 0 Å². The van der Waals surface area contributed by atoms with Gasteiger partial charge in [0.25, 0.3) is 0 Å². The first-order chi connectivity index (χ1) is 27.2. The normalized spacial score (nSPS) is 11.6. The van der Waals surface area contributed by atoms with Gasteiger partial charge in [-0.2, -0.15) is 0 Å². The lowest BCUT2D eigenvalue weighted by Crippen LogP contribution is -1.96. The highest BCUT2D eigenvalue weighted by atomic mass is 15.0. The van der Waals surface area contributed by atoms with Gasteiger partial charge in [0.1, 0.15) is 0 Å². The van der Waals surface area contributed by atoms with Crippen LogP contribution >= 0.6 is 0 Å². The molecule has 8 aromatic carbocycles. The van der Waals surface area contributed by atoms with Crippen molar-refractivity contribution < 1.29 is 0 Å². The molecule has 0 unspecified atom stereocenters. The first kappa shape index (κ1) is 30.7. The summed E-state index contributed by atoms with van der Waals surface area (Å²) < 4.78 is 6.86. The molecule has 0 saturated carbocycles. The number of para-hydroxylation sites is 4. The van der Waals surface area contributed by atoms with E-state index in [9.17, 15) is 0 Å². The van der Waals surface area contributed by atoms with E-state index in [2.05, 4.69) is 157 Å². The summed E-state index contributed by atoms with van der Waals surface area (Å²) in [7, 11) is 0. The van der Waals surface area contributed by atoms with Gasteiger partial charge >= 0.3 is 0 Å². The molecule has 55 heavy (non-hydrogen) atoms. The van der Waals surface area contributed by atoms with Crippen molar-refractivity contribution in [3.05, 3.63) is 199 Å². The summed E-state index contributed by atoms with van der Waals surface area (Å²) in [5.74, 6) is 0. The van der Waals surface area contributed by atoms with Gasteiger partial charge in [-0.1, -0.05) is 109 Å². The van der Waals surface area contributed by atoms with Crippen LogP contribution in [-0.2, 0) is 0 Å². The van der Waals surface area contributed by atoms with Crippen molar-refractivity contribution in [3.63, 3.8) is 0 Å². The van der Waals surface area contributed by atoms with Gasteiger partial charge in [-0.25, -0.2) is 9.69 Å². The Kier molecular flexibility index (Phi) is 6.61. The van der Waals surface area contributed by atoms with Crippen LogP contribution in [-0.4, -0.2) is 13.7 Å². The fourth-order valence-corrected chi connectivity index (χ4v) is 8.65. The summed E-state index contributed by atoms with van der Waals surface area (Å²) in [6, 6.07) is 61.5. The standard InChI is InChI=1S/C50H29N5/c1-51-34-22-26-41-39-13-5-10-18-47(39)55(49(41)30-34)50-29-33(21-27-43(50)52-2)32-19-23-35(24-20-32)53-46-17-9-6-14-40(46)42-31-36(25-28-48(42)53)54-44-15-7-3-11-37(44)38-12-4-8-16-45(38)54/h3-31H. The number of hydrogen-bond acceptors (Lipinski definition) is 0. The molecule has 11 rings (SSSR count). The molecule has 3 heterocycles. The molecule has 0 fully saturated rings. The van der Waals surface area contributed by atoms with Crippen LogP contribution in [0.15, 0.2) is 176 Å². The van der Waals surface area contributed by atoms with Gasteiger partial charge in [-0.05, 0) is 77.9 Å². The summed E-state index contributed by atoms with van der Waals surface area (Å²) in [4.78, 5) is 7.65. The highest BCUT2D eigenvalue weighted by molar-refractivity contribution is 6.13. The lowest BCUT2D eigenvalue weighted by Gasteiger charge is -2.14. The van der Waals surface area contributed by atoms with E-state index in [0.29, 0.717) is 11.4 Å². The van der Waals surface area contributed by atoms with Crippen molar-refractivity contribution in [1.29, 1.82) is 0 Å². The monoisotopic (exact) mass is 699 g/mol. The van der Waals surface area contributed by atoms with Crippen LogP contribution in [0.4, 0.5) is 11.4 Å². The minimum absolute atomic E-state index is 0.557. The van der Waals surface area contributed by atoms with Crippen LogP contribution in [0.5, 0.6) is 0 Å². The number of rotatable bonds is 4. The van der Waals surface area contributed by atoms with Crippen molar-refractivity contribution in [2.24, 2.45) is 0 Å². The SMILES string of the molecule is [C-]#[N+]c1ccc2c3ccccc3n(-c3cc(-c4ccc(-n5c6ccccc6c6cc(-n7c8ccccc8c8ccccc87)ccc65)cc4)ccc3[N+]#[C-])c2c1. The Morgan fingerprint density at radius 2 is 0.818 bits per heavy atom. The molecule has 5 heteroatoms. The smallest absolute Gasteiger partial charge is 0.210 e. The fraction of sp³-hybridized carbons (Fsp3) is 0. The summed E-state index contributed by atoms with van der Waals surface area (Å²) in [5, 5.41) is 7.05. The predicted molar refractivity (Wildman–Crippen MR) is 227 cm³/mol. The molecule has 254 valence electrons. The van der Waals surface area contributed by atoms with Gasteiger partial charge in [-0.15, -0.1) is 0 Å². The average Bonchev–Trinajstić information content (AvgIpc) is 3.88. The second kappa shape index (κ2) is 11.8. The Bertz CT molecular complexity index is 3400. The molecule has 5 nitrogen and oxygen atoms in total. The third kappa shape index (κ3) is 4.51. The van der Waals surface area contributed by atoms with Gasteiger partial charge in [0.2, 0.25) is 5.69 Å². The fourth-order valence-electron chi connectivity index (χ4n) is 8.65. The third-order valence-corrected chi connectivity index (χ3v) is 11.1. The maximum Gasteiger partial charge on any atom is 0.210 e. The molecule has 0 radical (unpaired) electrons. The van der Waals surface area contributed by atoms with E-state index in [1.54, 1.807) is 0 Å². The molecular weight excluding hydrogens is 671 g/mol. The first-order valence-corrected chi connectivity index (χ1v) is 18.3. The highest BCUT2D eigenvalue weighted by Crippen LogP contribution is 2.40. The molecule has 0 amide bonds. The number of hydrogen-bond donors (Lipinski definition) is 0. The van der Waals surface area contributed by atoms with Crippen LogP contribution in [0.3, 0.4) is 0 Å². The lowest BCUT2D eigenvalue weighted by atomic mass is 10.0. The van der Waals surface area contributed by atoms with E-state index in [1.165, 1.54) is 32.6 Å². The Balaban J connectivity index is 1.04. The molecular formula is C50H29N5. The zero-order chi connectivity index (χ0) is 36.6. The predicted octanol–water partition coefficient (Wildman–Crippen LogP) is 13.7. The topological polar surface area (TPSA) is 23.5 Å². The zero-order valence-electron chi connectivity index (χ0n) is 29.5. The van der Waals surface area contributed by atoms with Crippen LogP contribution in [0, 0.1) is 13.1 Å². The largest absolute Gasteiger partial charge is 0.320 e. The van der Waals surface area contributed by atoms with Crippen molar-refractivity contribution >= 4 is 76.8 Å². The Morgan fingerprint density at radius 3 is 1.42 bits per heavy atom. The maximum absolute atomic E-state index is 8.08. The molecule has 0 N–H and O–H groups in total. The molecule has 0 aliphatic carbocycles. The van der Waals surface area contributed by atoms with Gasteiger partial charge in [-0.3, -0.25) is 0 Å². The summed E-state index contributed by atoms with van der Waals surface area (Å²) in [5.41, 5.74) is 12.8. The molecule has 0 saturated heterocycles. The number of aromatic nitrogens is 3. The van der Waals surface area contributed by atoms with Gasteiger partial charge < -0.3 is 13.7 Å². The lowest BCUT2D eigenvalue weighted by molar-refractivity contribution is 1.16. The highest BCUT2D eigenvalue weighted by Gasteiger charge is 2.18. The minimum Gasteiger partial charge on any atom is -0.320 e. The molecule has 0 atom stereocenters. The summed E-state index contributed by atoms with van der Waals surface area (Å²) >= 11 is 0. The molecule has 0 aliphatic rings. The van der Waals surface area contributed by atoms with Gasteiger partial charge in [0, 0.05) is 49.2 Å². The van der Waals surface area contributed by atoms with E-state index in [0.717, 1.165) is 61.0 Å². The third-order valence-electron chi connectivity index (χ3n) is 11.1. The minimum atomic E-state index is 0.557. The molecule has 0 aliphatic heterocycles. The summed E-state index contributed by atoms with van der Waals surface area (Å²) in [6.07, 6.45) is 0. The van der Waals surface area contributed by atoms with Crippen LogP contribution in [0.1, 0.15) is 0 Å². The number of nitrogens with zero attached hydrogens (tertiary/aromatic N) is 5. The van der Waals surface area contributed by atoms with E-state index >= 15 is 0 Å². The van der Waals surface area contributed by atoms with E-state index in [1.807, 2.05) is 42.5 Å². The number of fused-ring (bicyclic) bond motifs is 9. The van der Waals surface area contributed by atoms with Crippen molar-refractivity contribution in [1.82, 2.24) is 13.7 Å². The molecule has 3 aromatic heterocycles. The maximum atomic E-state index is 8.08. The van der Waals surface area contributed by atoms with E-state index in [4.69, 9.17) is 13.1 Å². The van der Waals surface area contributed by atoms with Crippen molar-refractivity contribution in [2.75, 3.05) is 0 Å². The second-order valence-corrected chi connectivity index (χ2v) is 14.0. The molecule has 11 aromatic rings. The quantitative estimate of drug-likeness (QED) is 0.163. The van der Waals surface area contributed by atoms with Crippen LogP contribution in [0.25, 0.3) is 103 Å². The van der Waals surface area contributed by atoms with E-state index in [-0.39, 0.29) is 0 Å².